The molecule has 0 saturated heterocycles. The molecule has 0 amide bonds. The van der Waals surface area contributed by atoms with E-state index in [0.717, 1.165) is 0 Å². The van der Waals surface area contributed by atoms with Gasteiger partial charge in [0.1, 0.15) is 5.75 Å². The number of hydrogen-bond acceptors (Lipinski definition) is 5. The molecule has 1 aromatic carbocycles. The van der Waals surface area contributed by atoms with E-state index < -0.39 is 11.7 Å². The zero-order chi connectivity index (χ0) is 13.1. The van der Waals surface area contributed by atoms with Crippen molar-refractivity contribution in [2.24, 2.45) is 0 Å². The minimum absolute atomic E-state index is 0.0274. The maximum absolute atomic E-state index is 11.6. The fraction of sp³-hybridized carbons (Fsp3) is 0.182. The molecule has 6 nitrogen and oxygen atoms in total. The number of methoxy groups -OCH3 is 1. The number of alkyl halides is 1. The van der Waals surface area contributed by atoms with Crippen LogP contribution < -0.4 is 14.5 Å². The molecular formula is C11H9BrN2O4. The maximum atomic E-state index is 11.6. The van der Waals surface area contributed by atoms with Gasteiger partial charge in [-0.1, -0.05) is 15.9 Å². The molecule has 0 aliphatic rings. The molecule has 2 rings (SSSR count). The first-order valence-corrected chi connectivity index (χ1v) is 6.12. The van der Waals surface area contributed by atoms with Gasteiger partial charge in [0.15, 0.2) is 5.95 Å². The summed E-state index contributed by atoms with van der Waals surface area (Å²) in [5, 5.41) is 15.0. The summed E-state index contributed by atoms with van der Waals surface area (Å²) in [5.41, 5.74) is 0.433. The average Bonchev–Trinajstić information content (AvgIpc) is 2.80. The van der Waals surface area contributed by atoms with Gasteiger partial charge >= 0.3 is 5.69 Å². The van der Waals surface area contributed by atoms with Crippen LogP contribution in [0.1, 0.15) is 10.5 Å². The Morgan fingerprint density at radius 3 is 2.72 bits per heavy atom. The van der Waals surface area contributed by atoms with Gasteiger partial charge in [0.25, 0.3) is 0 Å². The van der Waals surface area contributed by atoms with Crippen molar-refractivity contribution in [1.29, 1.82) is 0 Å². The molecule has 0 N–H and O–H groups in total. The van der Waals surface area contributed by atoms with E-state index in [-0.39, 0.29) is 11.0 Å². The Hall–Kier alpha value is -1.89. The molecule has 0 unspecified atom stereocenters. The first-order valence-electron chi connectivity index (χ1n) is 5.00. The number of Topliss-reactive ketones (excluding diaryl/α,β-unsaturated/α-hetero) is 1. The Morgan fingerprint density at radius 1 is 1.50 bits per heavy atom. The quantitative estimate of drug-likeness (QED) is 0.469. The third-order valence-electron chi connectivity index (χ3n) is 2.31. The van der Waals surface area contributed by atoms with Gasteiger partial charge in [0, 0.05) is 12.1 Å². The number of carbonyl (C=O) groups excluding carboxylic acids is 1. The molecule has 1 aromatic heterocycles. The van der Waals surface area contributed by atoms with E-state index in [1.165, 1.54) is 4.68 Å². The smallest absolute Gasteiger partial charge is 0.307 e. The standard InChI is InChI=1S/C11H9BrN2O4/c1-17-8-4-2-7(3-5-8)14-10(9(15)6-12)11(16)18-13-14/h2-5H,6H2,1H3. The Kier molecular flexibility index (Phi) is 3.61. The largest absolute Gasteiger partial charge is 0.539 e. The first kappa shape index (κ1) is 12.6. The zero-order valence-corrected chi connectivity index (χ0v) is 11.0. The van der Waals surface area contributed by atoms with Crippen LogP contribution in [-0.4, -0.2) is 23.5 Å². The SMILES string of the molecule is COc1ccc(-[n+]2noc([O-])c2C(=O)CBr)cc1. The van der Waals surface area contributed by atoms with E-state index in [9.17, 15) is 9.90 Å². The maximum Gasteiger partial charge on any atom is 0.307 e. The minimum Gasteiger partial charge on any atom is -0.539 e. The lowest BCUT2D eigenvalue weighted by Gasteiger charge is -1.98. The van der Waals surface area contributed by atoms with Gasteiger partial charge in [0.2, 0.25) is 11.5 Å². The lowest BCUT2D eigenvalue weighted by atomic mass is 10.2. The highest BCUT2D eigenvalue weighted by molar-refractivity contribution is 9.09. The molecule has 0 radical (unpaired) electrons. The molecule has 94 valence electrons. The number of ether oxygens (including phenoxy) is 1. The van der Waals surface area contributed by atoms with Crippen molar-refractivity contribution in [3.63, 3.8) is 0 Å². The number of hydrogen-bond donors (Lipinski definition) is 0. The van der Waals surface area contributed by atoms with Gasteiger partial charge in [-0.3, -0.25) is 4.79 Å². The molecule has 1 heterocycles. The Morgan fingerprint density at radius 2 is 2.17 bits per heavy atom. The number of benzene rings is 1. The predicted octanol–water partition coefficient (Wildman–Crippen LogP) is 0.611. The summed E-state index contributed by atoms with van der Waals surface area (Å²) < 4.78 is 10.7. The third-order valence-corrected chi connectivity index (χ3v) is 2.82. The monoisotopic (exact) mass is 312 g/mol. The van der Waals surface area contributed by atoms with Crippen LogP contribution in [0.25, 0.3) is 5.69 Å². The Labute approximate surface area is 111 Å². The molecule has 0 saturated carbocycles. The van der Waals surface area contributed by atoms with E-state index in [1.807, 2.05) is 0 Å². The van der Waals surface area contributed by atoms with Crippen molar-refractivity contribution in [2.45, 2.75) is 0 Å². The highest BCUT2D eigenvalue weighted by Gasteiger charge is 2.26. The normalized spacial score (nSPS) is 10.3. The molecule has 0 spiro atoms. The molecule has 7 heteroatoms. The summed E-state index contributed by atoms with van der Waals surface area (Å²) in [7, 11) is 1.55. The molecule has 18 heavy (non-hydrogen) atoms. The van der Waals surface area contributed by atoms with Crippen LogP contribution in [0, 0.1) is 0 Å². The molecular weight excluding hydrogens is 304 g/mol. The van der Waals surface area contributed by atoms with Crippen molar-refractivity contribution in [2.75, 3.05) is 12.4 Å². The summed E-state index contributed by atoms with van der Waals surface area (Å²) >= 11 is 3.01. The van der Waals surface area contributed by atoms with Crippen LogP contribution in [0.2, 0.25) is 0 Å². The second-order valence-corrected chi connectivity index (χ2v) is 3.94. The summed E-state index contributed by atoms with van der Waals surface area (Å²) in [4.78, 5) is 11.6. The third kappa shape index (κ3) is 2.21. The van der Waals surface area contributed by atoms with E-state index >= 15 is 0 Å². The van der Waals surface area contributed by atoms with Crippen LogP contribution in [0.4, 0.5) is 0 Å². The number of aromatic nitrogens is 2. The Balaban J connectivity index is 2.47. The number of halogens is 1. The van der Waals surface area contributed by atoms with Crippen molar-refractivity contribution < 1.29 is 23.8 Å². The van der Waals surface area contributed by atoms with E-state index in [1.54, 1.807) is 31.4 Å². The molecule has 0 fully saturated rings. The summed E-state index contributed by atoms with van der Waals surface area (Å²) in [6.07, 6.45) is 0. The van der Waals surface area contributed by atoms with E-state index in [4.69, 9.17) is 4.74 Å². The van der Waals surface area contributed by atoms with E-state index in [0.29, 0.717) is 11.4 Å². The topological polar surface area (TPSA) is 79.3 Å². The van der Waals surface area contributed by atoms with Crippen LogP contribution in [0.15, 0.2) is 28.8 Å². The highest BCUT2D eigenvalue weighted by atomic mass is 79.9. The van der Waals surface area contributed by atoms with Gasteiger partial charge < -0.3 is 14.4 Å². The summed E-state index contributed by atoms with van der Waals surface area (Å²) in [5.74, 6) is -0.481. The molecule has 0 bridgehead atoms. The number of rotatable bonds is 4. The summed E-state index contributed by atoms with van der Waals surface area (Å²) in [6.45, 7) is 0. The van der Waals surface area contributed by atoms with Crippen molar-refractivity contribution >= 4 is 21.7 Å². The van der Waals surface area contributed by atoms with Crippen LogP contribution in [0.5, 0.6) is 11.7 Å². The lowest BCUT2D eigenvalue weighted by molar-refractivity contribution is -0.672. The molecule has 0 atom stereocenters. The first-order chi connectivity index (χ1) is 8.67. The van der Waals surface area contributed by atoms with Crippen LogP contribution >= 0.6 is 15.9 Å². The van der Waals surface area contributed by atoms with Gasteiger partial charge in [-0.05, 0) is 16.8 Å². The van der Waals surface area contributed by atoms with Crippen molar-refractivity contribution in [3.05, 3.63) is 30.0 Å². The molecule has 0 aliphatic heterocycles. The number of ketones is 1. The van der Waals surface area contributed by atoms with Gasteiger partial charge in [-0.25, -0.2) is 0 Å². The van der Waals surface area contributed by atoms with Gasteiger partial charge in [-0.15, -0.1) is 0 Å². The second-order valence-electron chi connectivity index (χ2n) is 3.38. The lowest BCUT2D eigenvalue weighted by Crippen LogP contribution is -2.39. The predicted molar refractivity (Wildman–Crippen MR) is 62.2 cm³/mol. The highest BCUT2D eigenvalue weighted by Crippen LogP contribution is 2.15. The average molecular weight is 313 g/mol. The van der Waals surface area contributed by atoms with Gasteiger partial charge in [0.05, 0.1) is 17.7 Å². The van der Waals surface area contributed by atoms with E-state index in [2.05, 4.69) is 25.7 Å². The van der Waals surface area contributed by atoms with Crippen molar-refractivity contribution in [3.8, 4) is 17.4 Å². The number of nitrogens with zero attached hydrogens (tertiary/aromatic N) is 2. The van der Waals surface area contributed by atoms with Crippen molar-refractivity contribution in [1.82, 2.24) is 5.27 Å². The van der Waals surface area contributed by atoms with Gasteiger partial charge in [-0.2, -0.15) is 0 Å². The Bertz CT molecular complexity index is 565. The fourth-order valence-corrected chi connectivity index (χ4v) is 1.71. The number of carbonyl (C=O) groups is 1. The summed E-state index contributed by atoms with van der Waals surface area (Å²) in [6, 6.07) is 6.74. The second kappa shape index (κ2) is 5.18. The molecule has 2 aromatic rings. The van der Waals surface area contributed by atoms with Crippen LogP contribution in [-0.2, 0) is 0 Å². The minimum atomic E-state index is -0.754. The zero-order valence-electron chi connectivity index (χ0n) is 9.42. The molecule has 0 aliphatic carbocycles. The fourth-order valence-electron chi connectivity index (χ4n) is 1.44. The van der Waals surface area contributed by atoms with Crippen LogP contribution in [0.3, 0.4) is 0 Å².